The van der Waals surface area contributed by atoms with Crippen LogP contribution in [0.1, 0.15) is 25.0 Å². The lowest BCUT2D eigenvalue weighted by molar-refractivity contribution is 0.415. The van der Waals surface area contributed by atoms with Crippen LogP contribution in [0.4, 0.5) is 5.82 Å². The lowest BCUT2D eigenvalue weighted by atomic mass is 9.97. The molecule has 112 valence electrons. The number of aromatic amines is 1. The summed E-state index contributed by atoms with van der Waals surface area (Å²) in [5.41, 5.74) is 7.34. The van der Waals surface area contributed by atoms with E-state index >= 15 is 0 Å². The number of nitrogen functional groups attached to an aromatic ring is 1. The van der Waals surface area contributed by atoms with Crippen LogP contribution in [0.15, 0.2) is 24.3 Å². The standard InChI is InChI=1S/C14H10N4OS.C2H6/c1-19-9-4-2-8(3-5-9)12-10(6-15)13(17)18-14(20)11(12)7-16;1-2/h2-5H,1H3,(H3,17,18,20);1-2H3. The van der Waals surface area contributed by atoms with Crippen molar-refractivity contribution in [2.24, 2.45) is 0 Å². The minimum atomic E-state index is 0.155. The molecule has 1 aromatic heterocycles. The number of benzene rings is 1. The molecule has 0 spiro atoms. The zero-order valence-electron chi connectivity index (χ0n) is 12.6. The third kappa shape index (κ3) is 3.25. The molecular weight excluding hydrogens is 296 g/mol. The van der Waals surface area contributed by atoms with Crippen LogP contribution < -0.4 is 10.5 Å². The Bertz CT molecular complexity index is 795. The van der Waals surface area contributed by atoms with Crippen molar-refractivity contribution in [3.8, 4) is 29.0 Å². The maximum absolute atomic E-state index is 9.26. The first kappa shape index (κ1) is 17.2. The third-order valence-corrected chi connectivity index (χ3v) is 3.15. The SMILES string of the molecule is CC.COc1ccc(-c2c(C#N)c(N)[nH]c(=S)c2C#N)cc1. The molecule has 5 nitrogen and oxygen atoms in total. The number of anilines is 1. The number of methoxy groups -OCH3 is 1. The van der Waals surface area contributed by atoms with Crippen molar-refractivity contribution in [2.75, 3.05) is 12.8 Å². The van der Waals surface area contributed by atoms with Crippen molar-refractivity contribution in [2.45, 2.75) is 13.8 Å². The summed E-state index contributed by atoms with van der Waals surface area (Å²) in [6.45, 7) is 4.00. The van der Waals surface area contributed by atoms with Crippen LogP contribution in [-0.2, 0) is 0 Å². The van der Waals surface area contributed by atoms with E-state index in [-0.39, 0.29) is 21.6 Å². The summed E-state index contributed by atoms with van der Waals surface area (Å²) in [6, 6.07) is 11.0. The fourth-order valence-electron chi connectivity index (χ4n) is 1.89. The van der Waals surface area contributed by atoms with Crippen LogP contribution in [0, 0.1) is 27.3 Å². The second-order valence-corrected chi connectivity index (χ2v) is 4.35. The van der Waals surface area contributed by atoms with Gasteiger partial charge in [-0.3, -0.25) is 0 Å². The Morgan fingerprint density at radius 2 is 1.64 bits per heavy atom. The van der Waals surface area contributed by atoms with E-state index in [0.29, 0.717) is 16.9 Å². The number of rotatable bonds is 2. The number of pyridine rings is 1. The van der Waals surface area contributed by atoms with Gasteiger partial charge >= 0.3 is 0 Å². The number of nitrogens with zero attached hydrogens (tertiary/aromatic N) is 2. The number of H-pyrrole nitrogens is 1. The molecule has 0 atom stereocenters. The molecule has 0 aliphatic heterocycles. The van der Waals surface area contributed by atoms with Crippen molar-refractivity contribution in [1.29, 1.82) is 10.5 Å². The highest BCUT2D eigenvalue weighted by Gasteiger charge is 2.16. The molecule has 0 radical (unpaired) electrons. The van der Waals surface area contributed by atoms with Gasteiger partial charge in [-0.1, -0.05) is 38.2 Å². The van der Waals surface area contributed by atoms with Gasteiger partial charge in [0.2, 0.25) is 0 Å². The molecule has 0 aliphatic carbocycles. The molecular formula is C16H16N4OS. The fourth-order valence-corrected chi connectivity index (χ4v) is 2.15. The first-order valence-electron chi connectivity index (χ1n) is 6.62. The van der Waals surface area contributed by atoms with Crippen LogP contribution in [0.2, 0.25) is 0 Å². The van der Waals surface area contributed by atoms with Gasteiger partial charge in [-0.25, -0.2) is 0 Å². The minimum absolute atomic E-state index is 0.155. The van der Waals surface area contributed by atoms with Gasteiger partial charge in [0.25, 0.3) is 0 Å². The first-order valence-corrected chi connectivity index (χ1v) is 7.03. The van der Waals surface area contributed by atoms with Crippen molar-refractivity contribution in [1.82, 2.24) is 4.98 Å². The average molecular weight is 312 g/mol. The van der Waals surface area contributed by atoms with Gasteiger partial charge in [0.15, 0.2) is 0 Å². The summed E-state index contributed by atoms with van der Waals surface area (Å²) in [7, 11) is 1.56. The topological polar surface area (TPSA) is 98.6 Å². The molecule has 0 bridgehead atoms. The van der Waals surface area contributed by atoms with Crippen LogP contribution in [0.25, 0.3) is 11.1 Å². The number of nitrogens with one attached hydrogen (secondary N) is 1. The summed E-state index contributed by atoms with van der Waals surface area (Å²) in [5.74, 6) is 0.835. The predicted molar refractivity (Wildman–Crippen MR) is 88.8 cm³/mol. The van der Waals surface area contributed by atoms with Crippen LogP contribution in [-0.4, -0.2) is 12.1 Å². The van der Waals surface area contributed by atoms with E-state index in [1.165, 1.54) is 0 Å². The Hall–Kier alpha value is -2.83. The molecule has 0 saturated heterocycles. The minimum Gasteiger partial charge on any atom is -0.497 e. The van der Waals surface area contributed by atoms with Gasteiger partial charge in [0, 0.05) is 5.56 Å². The van der Waals surface area contributed by atoms with Crippen LogP contribution in [0.5, 0.6) is 5.75 Å². The molecule has 3 N–H and O–H groups in total. The molecule has 0 saturated carbocycles. The number of aromatic nitrogens is 1. The zero-order valence-corrected chi connectivity index (χ0v) is 13.4. The Morgan fingerprint density at radius 1 is 1.09 bits per heavy atom. The van der Waals surface area contributed by atoms with E-state index in [0.717, 1.165) is 0 Å². The monoisotopic (exact) mass is 312 g/mol. The molecule has 22 heavy (non-hydrogen) atoms. The normalized spacial score (nSPS) is 8.95. The van der Waals surface area contributed by atoms with Gasteiger partial charge in [0.1, 0.15) is 33.9 Å². The highest BCUT2D eigenvalue weighted by Crippen LogP contribution is 2.31. The highest BCUT2D eigenvalue weighted by atomic mass is 32.1. The van der Waals surface area contributed by atoms with Gasteiger partial charge in [0.05, 0.1) is 12.7 Å². The van der Waals surface area contributed by atoms with E-state index in [9.17, 15) is 10.5 Å². The summed E-state index contributed by atoms with van der Waals surface area (Å²) in [5, 5.41) is 18.5. The van der Waals surface area contributed by atoms with E-state index in [1.807, 2.05) is 26.0 Å². The first-order chi connectivity index (χ1) is 10.6. The molecule has 0 aliphatic rings. The van der Waals surface area contributed by atoms with Crippen molar-refractivity contribution in [3.05, 3.63) is 40.0 Å². The molecule has 2 rings (SSSR count). The quantitative estimate of drug-likeness (QED) is 0.822. The molecule has 0 fully saturated rings. The molecule has 1 heterocycles. The van der Waals surface area contributed by atoms with Crippen molar-refractivity contribution < 1.29 is 4.74 Å². The zero-order chi connectivity index (χ0) is 16.7. The van der Waals surface area contributed by atoms with Crippen molar-refractivity contribution in [3.63, 3.8) is 0 Å². The summed E-state index contributed by atoms with van der Waals surface area (Å²) in [6.07, 6.45) is 0. The Kier molecular flexibility index (Phi) is 6.12. The predicted octanol–water partition coefficient (Wildman–Crippen LogP) is 3.77. The summed E-state index contributed by atoms with van der Waals surface area (Å²) >= 11 is 5.09. The molecule has 1 aromatic carbocycles. The van der Waals surface area contributed by atoms with Crippen LogP contribution >= 0.6 is 12.2 Å². The van der Waals surface area contributed by atoms with E-state index < -0.39 is 0 Å². The lowest BCUT2D eigenvalue weighted by Gasteiger charge is -2.10. The van der Waals surface area contributed by atoms with E-state index in [2.05, 4.69) is 4.98 Å². The van der Waals surface area contributed by atoms with E-state index in [4.69, 9.17) is 22.7 Å². The molecule has 0 amide bonds. The van der Waals surface area contributed by atoms with Gasteiger partial charge in [-0.2, -0.15) is 10.5 Å². The lowest BCUT2D eigenvalue weighted by Crippen LogP contribution is -2.01. The molecule has 2 aromatic rings. The van der Waals surface area contributed by atoms with Crippen molar-refractivity contribution >= 4 is 18.0 Å². The second-order valence-electron chi connectivity index (χ2n) is 3.94. The molecule has 6 heteroatoms. The fraction of sp³-hybridized carbons (Fsp3) is 0.188. The Balaban J connectivity index is 0.00000116. The summed E-state index contributed by atoms with van der Waals surface area (Å²) < 4.78 is 5.30. The second kappa shape index (κ2) is 7.82. The number of ether oxygens (including phenoxy) is 1. The number of nitrogens with two attached hydrogens (primary N) is 1. The third-order valence-electron chi connectivity index (χ3n) is 2.85. The number of nitriles is 2. The largest absolute Gasteiger partial charge is 0.497 e. The number of hydrogen-bond donors (Lipinski definition) is 2. The summed E-state index contributed by atoms with van der Waals surface area (Å²) in [4.78, 5) is 2.66. The van der Waals surface area contributed by atoms with E-state index in [1.54, 1.807) is 31.4 Å². The Morgan fingerprint density at radius 3 is 2.09 bits per heavy atom. The molecule has 0 unspecified atom stereocenters. The highest BCUT2D eigenvalue weighted by molar-refractivity contribution is 7.71. The number of hydrogen-bond acceptors (Lipinski definition) is 5. The van der Waals surface area contributed by atoms with Crippen LogP contribution in [0.3, 0.4) is 0 Å². The van der Waals surface area contributed by atoms with Gasteiger partial charge in [-0.05, 0) is 17.7 Å². The average Bonchev–Trinajstić information content (AvgIpc) is 2.56. The maximum Gasteiger partial charge on any atom is 0.123 e. The maximum atomic E-state index is 9.26. The van der Waals surface area contributed by atoms with Gasteiger partial charge in [-0.15, -0.1) is 0 Å². The Labute approximate surface area is 134 Å². The van der Waals surface area contributed by atoms with Gasteiger partial charge < -0.3 is 15.5 Å². The smallest absolute Gasteiger partial charge is 0.123 e.